The van der Waals surface area contributed by atoms with Gasteiger partial charge in [-0.15, -0.1) is 5.06 Å². The number of hydroxylamine groups is 1. The number of benzene rings is 2. The highest BCUT2D eigenvalue weighted by Gasteiger charge is 2.44. The van der Waals surface area contributed by atoms with Crippen LogP contribution in [0.25, 0.3) is 6.08 Å². The van der Waals surface area contributed by atoms with Crippen molar-refractivity contribution in [3.05, 3.63) is 69.8 Å². The van der Waals surface area contributed by atoms with Crippen LogP contribution in [0.2, 0.25) is 5.02 Å². The fourth-order valence-electron chi connectivity index (χ4n) is 3.09. The third kappa shape index (κ3) is 5.46. The number of alkyl halides is 3. The van der Waals surface area contributed by atoms with Gasteiger partial charge in [0.15, 0.2) is 0 Å². The topological polar surface area (TPSA) is 82.4 Å². The number of nitrogens with one attached hydrogen (secondary N) is 1. The lowest BCUT2D eigenvalue weighted by Crippen LogP contribution is -2.39. The maximum absolute atomic E-state index is 13.0. The number of hydrogen-bond donors (Lipinski definition) is 1. The van der Waals surface area contributed by atoms with Crippen LogP contribution in [0.1, 0.15) is 34.3 Å². The smallest absolute Gasteiger partial charge is 0.324 e. The first-order valence-electron chi connectivity index (χ1n) is 9.53. The molecule has 1 amide bonds. The second kappa shape index (κ2) is 9.85. The molecule has 166 valence electrons. The number of amides is 1. The number of halogens is 4. The number of hydrogen-bond acceptors (Lipinski definition) is 5. The van der Waals surface area contributed by atoms with E-state index >= 15 is 0 Å². The van der Waals surface area contributed by atoms with Crippen LogP contribution in [-0.2, 0) is 9.63 Å². The summed E-state index contributed by atoms with van der Waals surface area (Å²) in [4.78, 5) is 29.0. The van der Waals surface area contributed by atoms with Crippen molar-refractivity contribution in [1.29, 1.82) is 5.26 Å². The van der Waals surface area contributed by atoms with Crippen molar-refractivity contribution in [2.75, 3.05) is 18.2 Å². The third-order valence-corrected chi connectivity index (χ3v) is 5.07. The van der Waals surface area contributed by atoms with Crippen molar-refractivity contribution >= 4 is 35.2 Å². The maximum Gasteiger partial charge on any atom is 0.493 e. The van der Waals surface area contributed by atoms with Gasteiger partial charge >= 0.3 is 12.1 Å². The molecule has 0 saturated carbocycles. The summed E-state index contributed by atoms with van der Waals surface area (Å²) >= 11 is 6.43. The zero-order valence-corrected chi connectivity index (χ0v) is 17.3. The fourth-order valence-corrected chi connectivity index (χ4v) is 3.35. The van der Waals surface area contributed by atoms with Crippen LogP contribution >= 0.6 is 11.6 Å². The van der Waals surface area contributed by atoms with Crippen LogP contribution in [0.5, 0.6) is 0 Å². The SMILES string of the molecule is N#Cc1cccc(C(=O)N(OC(=O)C(F)(F)F)c2cccc(C=C3CCNCC3)c2Cl)c1. The van der Waals surface area contributed by atoms with Crippen LogP contribution in [0.3, 0.4) is 0 Å². The molecule has 1 N–H and O–H groups in total. The standard InChI is InChI=1S/C22H17ClF3N3O3/c23-19-16(11-14-7-9-28-10-8-14)4-2-6-18(19)29(32-21(31)22(24,25)26)20(30)17-5-1-3-15(12-17)13-27/h1-6,11-12,28H,7-10H2. The van der Waals surface area contributed by atoms with E-state index in [0.717, 1.165) is 31.5 Å². The van der Waals surface area contributed by atoms with E-state index in [-0.39, 0.29) is 26.9 Å². The van der Waals surface area contributed by atoms with Crippen molar-refractivity contribution < 1.29 is 27.6 Å². The Labute approximate surface area is 186 Å². The molecule has 0 bridgehead atoms. The van der Waals surface area contributed by atoms with Gasteiger partial charge < -0.3 is 10.2 Å². The molecule has 32 heavy (non-hydrogen) atoms. The van der Waals surface area contributed by atoms with Gasteiger partial charge in [-0.25, -0.2) is 4.79 Å². The van der Waals surface area contributed by atoms with Gasteiger partial charge in [-0.05, 0) is 55.8 Å². The Morgan fingerprint density at radius 3 is 2.50 bits per heavy atom. The summed E-state index contributed by atoms with van der Waals surface area (Å²) in [5.41, 5.74) is 1.26. The van der Waals surface area contributed by atoms with E-state index in [4.69, 9.17) is 16.9 Å². The number of anilines is 1. The van der Waals surface area contributed by atoms with Gasteiger partial charge in [0.05, 0.1) is 16.7 Å². The van der Waals surface area contributed by atoms with Crippen molar-refractivity contribution in [2.45, 2.75) is 19.0 Å². The van der Waals surface area contributed by atoms with Crippen LogP contribution in [-0.4, -0.2) is 31.1 Å². The molecule has 1 aliphatic rings. The van der Waals surface area contributed by atoms with Crippen molar-refractivity contribution in [3.63, 3.8) is 0 Å². The molecule has 0 spiro atoms. The molecule has 0 atom stereocenters. The minimum atomic E-state index is -5.34. The van der Waals surface area contributed by atoms with Crippen molar-refractivity contribution in [2.24, 2.45) is 0 Å². The molecule has 2 aromatic rings. The van der Waals surface area contributed by atoms with E-state index in [0.29, 0.717) is 5.56 Å². The summed E-state index contributed by atoms with van der Waals surface area (Å²) in [6.45, 7) is 1.57. The lowest BCUT2D eigenvalue weighted by Gasteiger charge is -2.23. The molecule has 6 nitrogen and oxygen atoms in total. The van der Waals surface area contributed by atoms with Gasteiger partial charge in [0, 0.05) is 5.56 Å². The Morgan fingerprint density at radius 2 is 1.84 bits per heavy atom. The lowest BCUT2D eigenvalue weighted by atomic mass is 10.0. The average Bonchev–Trinajstić information content (AvgIpc) is 2.78. The maximum atomic E-state index is 13.0. The first-order chi connectivity index (χ1) is 15.2. The quantitative estimate of drug-likeness (QED) is 0.670. The zero-order chi connectivity index (χ0) is 23.3. The summed E-state index contributed by atoms with van der Waals surface area (Å²) in [6.07, 6.45) is -1.99. The Balaban J connectivity index is 2.05. The predicted molar refractivity (Wildman–Crippen MR) is 112 cm³/mol. The van der Waals surface area contributed by atoms with Crippen LogP contribution in [0, 0.1) is 11.3 Å². The summed E-state index contributed by atoms with van der Waals surface area (Å²) in [5, 5.41) is 12.4. The predicted octanol–water partition coefficient (Wildman–Crippen LogP) is 4.65. The van der Waals surface area contributed by atoms with Gasteiger partial charge in [0.2, 0.25) is 0 Å². The minimum absolute atomic E-state index is 0.0571. The average molecular weight is 464 g/mol. The van der Waals surface area contributed by atoms with E-state index in [9.17, 15) is 22.8 Å². The monoisotopic (exact) mass is 463 g/mol. The van der Waals surface area contributed by atoms with E-state index in [1.807, 2.05) is 6.07 Å². The van der Waals surface area contributed by atoms with E-state index in [1.54, 1.807) is 12.1 Å². The molecule has 1 aliphatic heterocycles. The Hall–Kier alpha value is -3.35. The third-order valence-electron chi connectivity index (χ3n) is 4.66. The molecule has 1 fully saturated rings. The summed E-state index contributed by atoms with van der Waals surface area (Å²) in [7, 11) is 0. The van der Waals surface area contributed by atoms with Crippen molar-refractivity contribution in [3.8, 4) is 6.07 Å². The molecular weight excluding hydrogens is 447 g/mol. The molecule has 3 rings (SSSR count). The van der Waals surface area contributed by atoms with Gasteiger partial charge in [0.25, 0.3) is 5.91 Å². The summed E-state index contributed by atoms with van der Waals surface area (Å²) in [5.74, 6) is -3.67. The minimum Gasteiger partial charge on any atom is -0.324 e. The summed E-state index contributed by atoms with van der Waals surface area (Å²) < 4.78 is 38.7. The van der Waals surface area contributed by atoms with Gasteiger partial charge in [-0.3, -0.25) is 4.79 Å². The highest BCUT2D eigenvalue weighted by molar-refractivity contribution is 6.35. The Kier molecular flexibility index (Phi) is 7.18. The fraction of sp³-hybridized carbons (Fsp3) is 0.227. The highest BCUT2D eigenvalue weighted by atomic mass is 35.5. The number of nitrogens with zero attached hydrogens (tertiary/aromatic N) is 2. The van der Waals surface area contributed by atoms with Crippen LogP contribution in [0.4, 0.5) is 18.9 Å². The molecule has 10 heteroatoms. The van der Waals surface area contributed by atoms with E-state index in [2.05, 4.69) is 10.2 Å². The number of rotatable bonds is 3. The first kappa shape index (κ1) is 23.3. The normalized spacial score (nSPS) is 13.8. The molecule has 0 unspecified atom stereocenters. The Morgan fingerprint density at radius 1 is 1.16 bits per heavy atom. The van der Waals surface area contributed by atoms with Crippen LogP contribution < -0.4 is 10.4 Å². The summed E-state index contributed by atoms with van der Waals surface area (Å²) in [6, 6.07) is 11.5. The zero-order valence-electron chi connectivity index (χ0n) is 16.6. The van der Waals surface area contributed by atoms with Gasteiger partial charge in [-0.1, -0.05) is 41.4 Å². The van der Waals surface area contributed by atoms with E-state index in [1.165, 1.54) is 36.4 Å². The van der Waals surface area contributed by atoms with Crippen molar-refractivity contribution in [1.82, 2.24) is 5.32 Å². The van der Waals surface area contributed by atoms with Gasteiger partial charge in [0.1, 0.15) is 5.69 Å². The second-order valence-corrected chi connectivity index (χ2v) is 7.28. The highest BCUT2D eigenvalue weighted by Crippen LogP contribution is 2.34. The number of nitriles is 1. The van der Waals surface area contributed by atoms with Crippen LogP contribution in [0.15, 0.2) is 48.0 Å². The van der Waals surface area contributed by atoms with Gasteiger partial charge in [-0.2, -0.15) is 18.4 Å². The first-order valence-corrected chi connectivity index (χ1v) is 9.91. The lowest BCUT2D eigenvalue weighted by molar-refractivity contribution is -0.199. The Bertz CT molecular complexity index is 1100. The second-order valence-electron chi connectivity index (χ2n) is 6.90. The molecule has 1 heterocycles. The molecule has 0 aromatic heterocycles. The van der Waals surface area contributed by atoms with E-state index < -0.39 is 18.1 Å². The number of carbonyl (C=O) groups excluding carboxylic acids is 2. The molecular formula is C22H17ClF3N3O3. The molecule has 0 radical (unpaired) electrons. The molecule has 1 saturated heterocycles. The molecule has 0 aliphatic carbocycles. The molecule has 2 aromatic carbocycles. The number of piperidine rings is 1. The largest absolute Gasteiger partial charge is 0.493 e. The number of carbonyl (C=O) groups is 2.